The molecule has 120 valence electrons. The number of hydrogen-bond donors (Lipinski definition) is 0. The summed E-state index contributed by atoms with van der Waals surface area (Å²) in [6.45, 7) is 3.89. The van der Waals surface area contributed by atoms with E-state index in [1.54, 1.807) is 9.80 Å². The van der Waals surface area contributed by atoms with E-state index < -0.39 is 0 Å². The second-order valence-corrected chi connectivity index (χ2v) is 5.51. The first kappa shape index (κ1) is 16.6. The molecule has 1 heterocycles. The molecular formula is C16H21ClN2O3. The van der Waals surface area contributed by atoms with Crippen molar-refractivity contribution in [1.82, 2.24) is 9.80 Å². The highest BCUT2D eigenvalue weighted by atomic mass is 35.5. The van der Waals surface area contributed by atoms with Gasteiger partial charge in [0.2, 0.25) is 5.91 Å². The molecule has 1 saturated heterocycles. The monoisotopic (exact) mass is 324 g/mol. The fraction of sp³-hybridized carbons (Fsp3) is 0.500. The molecule has 0 spiro atoms. The maximum atomic E-state index is 12.3. The van der Waals surface area contributed by atoms with Crippen molar-refractivity contribution in [2.24, 2.45) is 0 Å². The standard InChI is InChI=1S/C16H21ClN2O3/c1-2-19(14-8-9-18(11-14)15(20)10-17)16(21)22-12-13-6-4-3-5-7-13/h3-7,14H,2,8-12H2,1H3. The van der Waals surface area contributed by atoms with Crippen molar-refractivity contribution in [1.29, 1.82) is 0 Å². The molecule has 5 nitrogen and oxygen atoms in total. The van der Waals surface area contributed by atoms with E-state index in [2.05, 4.69) is 0 Å². The lowest BCUT2D eigenvalue weighted by Gasteiger charge is -2.27. The van der Waals surface area contributed by atoms with E-state index in [9.17, 15) is 9.59 Å². The Kier molecular flexibility index (Phi) is 6.07. The van der Waals surface area contributed by atoms with Crippen LogP contribution in [0, 0.1) is 0 Å². The van der Waals surface area contributed by atoms with Crippen molar-refractivity contribution < 1.29 is 14.3 Å². The second kappa shape index (κ2) is 8.03. The lowest BCUT2D eigenvalue weighted by Crippen LogP contribution is -2.43. The molecule has 0 radical (unpaired) electrons. The summed E-state index contributed by atoms with van der Waals surface area (Å²) in [5, 5.41) is 0. The number of hydrogen-bond acceptors (Lipinski definition) is 3. The zero-order valence-corrected chi connectivity index (χ0v) is 13.5. The van der Waals surface area contributed by atoms with Gasteiger partial charge in [-0.3, -0.25) is 4.79 Å². The number of nitrogens with zero attached hydrogens (tertiary/aromatic N) is 2. The van der Waals surface area contributed by atoms with Crippen LogP contribution in [0.15, 0.2) is 30.3 Å². The quantitative estimate of drug-likeness (QED) is 0.782. The van der Waals surface area contributed by atoms with Crippen LogP contribution in [0.25, 0.3) is 0 Å². The van der Waals surface area contributed by atoms with Crippen LogP contribution < -0.4 is 0 Å². The first-order chi connectivity index (χ1) is 10.7. The third-order valence-electron chi connectivity index (χ3n) is 3.85. The predicted molar refractivity (Wildman–Crippen MR) is 84.7 cm³/mol. The number of ether oxygens (including phenoxy) is 1. The van der Waals surface area contributed by atoms with Crippen LogP contribution in [0.1, 0.15) is 18.9 Å². The van der Waals surface area contributed by atoms with Gasteiger partial charge >= 0.3 is 6.09 Å². The normalized spacial score (nSPS) is 17.4. The van der Waals surface area contributed by atoms with Gasteiger partial charge < -0.3 is 14.5 Å². The third-order valence-corrected chi connectivity index (χ3v) is 4.08. The van der Waals surface area contributed by atoms with Crippen molar-refractivity contribution in [3.63, 3.8) is 0 Å². The molecule has 0 N–H and O–H groups in total. The Balaban J connectivity index is 1.88. The van der Waals surface area contributed by atoms with Gasteiger partial charge in [-0.15, -0.1) is 11.6 Å². The summed E-state index contributed by atoms with van der Waals surface area (Å²) in [5.74, 6) is -0.102. The summed E-state index contributed by atoms with van der Waals surface area (Å²) < 4.78 is 5.37. The Morgan fingerprint density at radius 2 is 2.09 bits per heavy atom. The van der Waals surface area contributed by atoms with E-state index in [4.69, 9.17) is 16.3 Å². The Morgan fingerprint density at radius 3 is 2.73 bits per heavy atom. The first-order valence-corrected chi connectivity index (χ1v) is 8.00. The van der Waals surface area contributed by atoms with Gasteiger partial charge in [-0.1, -0.05) is 30.3 Å². The smallest absolute Gasteiger partial charge is 0.410 e. The zero-order valence-electron chi connectivity index (χ0n) is 12.7. The summed E-state index contributed by atoms with van der Waals surface area (Å²) in [6, 6.07) is 9.58. The van der Waals surface area contributed by atoms with Crippen molar-refractivity contribution in [2.45, 2.75) is 26.0 Å². The molecule has 1 aliphatic rings. The SMILES string of the molecule is CCN(C(=O)OCc1ccccc1)C1CCN(C(=O)CCl)C1. The Bertz CT molecular complexity index is 509. The largest absolute Gasteiger partial charge is 0.445 e. The number of rotatable bonds is 5. The molecule has 0 aromatic heterocycles. The van der Waals surface area contributed by atoms with Gasteiger partial charge in [0, 0.05) is 19.6 Å². The van der Waals surface area contributed by atoms with E-state index in [1.165, 1.54) is 0 Å². The topological polar surface area (TPSA) is 49.9 Å². The highest BCUT2D eigenvalue weighted by Gasteiger charge is 2.32. The maximum Gasteiger partial charge on any atom is 0.410 e. The predicted octanol–water partition coefficient (Wildman–Crippen LogP) is 2.48. The molecule has 1 unspecified atom stereocenters. The number of alkyl halides is 1. The number of likely N-dealkylation sites (tertiary alicyclic amines) is 1. The highest BCUT2D eigenvalue weighted by Crippen LogP contribution is 2.17. The number of amides is 2. The van der Waals surface area contributed by atoms with Crippen molar-refractivity contribution in [3.8, 4) is 0 Å². The minimum Gasteiger partial charge on any atom is -0.445 e. The molecule has 0 aliphatic carbocycles. The van der Waals surface area contributed by atoms with Crippen molar-refractivity contribution >= 4 is 23.6 Å². The summed E-state index contributed by atoms with van der Waals surface area (Å²) in [5.41, 5.74) is 0.956. The van der Waals surface area contributed by atoms with E-state index in [0.717, 1.165) is 12.0 Å². The van der Waals surface area contributed by atoms with Gasteiger partial charge in [0.1, 0.15) is 12.5 Å². The Labute approximate surface area is 135 Å². The molecule has 22 heavy (non-hydrogen) atoms. The van der Waals surface area contributed by atoms with E-state index >= 15 is 0 Å². The molecule has 1 aliphatic heterocycles. The van der Waals surface area contributed by atoms with E-state index in [0.29, 0.717) is 19.6 Å². The fourth-order valence-electron chi connectivity index (χ4n) is 2.65. The average molecular weight is 325 g/mol. The van der Waals surface area contributed by atoms with Crippen LogP contribution in [-0.4, -0.2) is 53.4 Å². The molecule has 0 saturated carbocycles. The zero-order chi connectivity index (χ0) is 15.9. The highest BCUT2D eigenvalue weighted by molar-refractivity contribution is 6.27. The molecule has 1 aromatic rings. The van der Waals surface area contributed by atoms with Crippen molar-refractivity contribution in [2.75, 3.05) is 25.5 Å². The van der Waals surface area contributed by atoms with Crippen LogP contribution in [-0.2, 0) is 16.1 Å². The minimum atomic E-state index is -0.337. The van der Waals surface area contributed by atoms with Crippen LogP contribution in [0.3, 0.4) is 0 Å². The summed E-state index contributed by atoms with van der Waals surface area (Å²) in [7, 11) is 0. The van der Waals surface area contributed by atoms with E-state index in [-0.39, 0.29) is 30.5 Å². The fourth-order valence-corrected chi connectivity index (χ4v) is 2.81. The molecule has 1 fully saturated rings. The maximum absolute atomic E-state index is 12.3. The second-order valence-electron chi connectivity index (χ2n) is 5.24. The number of halogens is 1. The number of likely N-dealkylation sites (N-methyl/N-ethyl adjacent to an activating group) is 1. The van der Waals surface area contributed by atoms with Gasteiger partial charge in [-0.05, 0) is 18.9 Å². The molecule has 2 rings (SSSR count). The minimum absolute atomic E-state index is 0.000407. The van der Waals surface area contributed by atoms with Gasteiger partial charge in [0.15, 0.2) is 0 Å². The van der Waals surface area contributed by atoms with Crippen LogP contribution in [0.4, 0.5) is 4.79 Å². The molecule has 1 atom stereocenters. The van der Waals surface area contributed by atoms with Gasteiger partial charge in [0.05, 0.1) is 6.04 Å². The van der Waals surface area contributed by atoms with Crippen molar-refractivity contribution in [3.05, 3.63) is 35.9 Å². The van der Waals surface area contributed by atoms with E-state index in [1.807, 2.05) is 37.3 Å². The lowest BCUT2D eigenvalue weighted by molar-refractivity contribution is -0.127. The Hall–Kier alpha value is -1.75. The van der Waals surface area contributed by atoms with Gasteiger partial charge in [-0.25, -0.2) is 4.79 Å². The van der Waals surface area contributed by atoms with Gasteiger partial charge in [0.25, 0.3) is 0 Å². The van der Waals surface area contributed by atoms with Crippen LogP contribution in [0.5, 0.6) is 0 Å². The number of carbonyl (C=O) groups excluding carboxylic acids is 2. The van der Waals surface area contributed by atoms with Crippen LogP contribution in [0.2, 0.25) is 0 Å². The molecule has 0 bridgehead atoms. The molecule has 6 heteroatoms. The summed E-state index contributed by atoms with van der Waals surface area (Å²) >= 11 is 5.58. The summed E-state index contributed by atoms with van der Waals surface area (Å²) in [4.78, 5) is 27.2. The van der Waals surface area contributed by atoms with Crippen LogP contribution >= 0.6 is 11.6 Å². The van der Waals surface area contributed by atoms with Gasteiger partial charge in [-0.2, -0.15) is 0 Å². The third kappa shape index (κ3) is 4.13. The lowest BCUT2D eigenvalue weighted by atomic mass is 10.2. The summed E-state index contributed by atoms with van der Waals surface area (Å²) in [6.07, 6.45) is 0.424. The number of benzene rings is 1. The average Bonchev–Trinajstić information content (AvgIpc) is 3.03. The number of carbonyl (C=O) groups is 2. The molecular weight excluding hydrogens is 304 g/mol. The molecule has 1 aromatic carbocycles. The Morgan fingerprint density at radius 1 is 1.36 bits per heavy atom. The molecule has 2 amide bonds. The first-order valence-electron chi connectivity index (χ1n) is 7.46.